The van der Waals surface area contributed by atoms with Gasteiger partial charge in [0.2, 0.25) is 5.43 Å². The maximum atomic E-state index is 15.0. The smallest absolute Gasteiger partial charge is 0.430 e. The van der Waals surface area contributed by atoms with Crippen molar-refractivity contribution in [3.63, 3.8) is 0 Å². The molecule has 12 heteroatoms. The van der Waals surface area contributed by atoms with E-state index in [1.807, 2.05) is 9.47 Å². The number of rotatable bonds is 7. The second-order valence-electron chi connectivity index (χ2n) is 9.25. The van der Waals surface area contributed by atoms with Crippen molar-refractivity contribution in [1.29, 1.82) is 0 Å². The van der Waals surface area contributed by atoms with Gasteiger partial charge in [-0.25, -0.2) is 9.18 Å². The molecule has 1 aromatic carbocycles. The number of carboxylic acids is 1. The fourth-order valence-corrected chi connectivity index (χ4v) is 4.19. The van der Waals surface area contributed by atoms with E-state index in [4.69, 9.17) is 27.5 Å². The van der Waals surface area contributed by atoms with E-state index in [-0.39, 0.29) is 29.5 Å². The summed E-state index contributed by atoms with van der Waals surface area (Å²) in [6, 6.07) is 3.20. The number of terminal acetylenes is 2. The number of nitrogens with two attached hydrogens (primary N) is 1. The zero-order valence-corrected chi connectivity index (χ0v) is 20.9. The van der Waals surface area contributed by atoms with Gasteiger partial charge in [-0.05, 0) is 25.0 Å². The molecule has 0 unspecified atom stereocenters. The fourth-order valence-electron chi connectivity index (χ4n) is 4.19. The minimum absolute atomic E-state index is 0.0351. The van der Waals surface area contributed by atoms with Gasteiger partial charge in [-0.15, -0.1) is 24.7 Å². The topological polar surface area (TPSA) is 108 Å². The van der Waals surface area contributed by atoms with Gasteiger partial charge in [0.1, 0.15) is 17.3 Å². The number of esters is 1. The summed E-state index contributed by atoms with van der Waals surface area (Å²) >= 11 is 0. The van der Waals surface area contributed by atoms with Crippen molar-refractivity contribution >= 4 is 28.5 Å². The van der Waals surface area contributed by atoms with Gasteiger partial charge in [0.05, 0.1) is 44.0 Å². The van der Waals surface area contributed by atoms with Crippen LogP contribution >= 0.6 is 0 Å². The molecule has 1 aromatic heterocycles. The Hall–Kier alpha value is -4.03. The van der Waals surface area contributed by atoms with E-state index in [9.17, 15) is 22.8 Å². The third-order valence-corrected chi connectivity index (χ3v) is 6.30. The number of carboxylic acid groups (broad SMARTS) is 1. The molecule has 4 rings (SSSR count). The highest BCUT2D eigenvalue weighted by atomic mass is 19.4. The van der Waals surface area contributed by atoms with E-state index in [0.717, 1.165) is 39.0 Å². The highest BCUT2D eigenvalue weighted by Crippen LogP contribution is 2.38. The van der Waals surface area contributed by atoms with Gasteiger partial charge in [-0.3, -0.25) is 4.79 Å². The number of fused-ring (bicyclic) bond motifs is 1. The molecule has 2 heterocycles. The molecule has 0 spiro atoms. The van der Waals surface area contributed by atoms with Gasteiger partial charge >= 0.3 is 12.1 Å². The number of hydrogen-bond acceptors (Lipinski definition) is 6. The van der Waals surface area contributed by atoms with E-state index in [0.29, 0.717) is 24.0 Å². The number of alkyl halides is 3. The lowest BCUT2D eigenvalue weighted by Crippen LogP contribution is -2.89. The van der Waals surface area contributed by atoms with Crippen molar-refractivity contribution in [2.75, 3.05) is 37.7 Å². The van der Waals surface area contributed by atoms with Gasteiger partial charge in [-0.1, -0.05) is 0 Å². The monoisotopic (exact) mass is 549 g/mol. The van der Waals surface area contributed by atoms with Crippen LogP contribution in [0.4, 0.5) is 23.2 Å². The van der Waals surface area contributed by atoms with Crippen LogP contribution < -0.4 is 20.8 Å². The number of anilines is 1. The molecule has 1 saturated heterocycles. The lowest BCUT2D eigenvalue weighted by atomic mass is 10.0. The first kappa shape index (κ1) is 29.5. The van der Waals surface area contributed by atoms with E-state index in [2.05, 4.69) is 17.2 Å². The minimum atomic E-state index is -5.19. The number of aliphatic carboxylic acids is 1. The summed E-state index contributed by atoms with van der Waals surface area (Å²) in [5, 5.41) is 11.2. The molecule has 39 heavy (non-hydrogen) atoms. The predicted molar refractivity (Wildman–Crippen MR) is 132 cm³/mol. The van der Waals surface area contributed by atoms with Gasteiger partial charge in [0.15, 0.2) is 0 Å². The first-order chi connectivity index (χ1) is 18.5. The highest BCUT2D eigenvalue weighted by molar-refractivity contribution is 5.94. The lowest BCUT2D eigenvalue weighted by molar-refractivity contribution is -0.655. The van der Waals surface area contributed by atoms with Crippen molar-refractivity contribution in [2.45, 2.75) is 37.9 Å². The standard InChI is InChI=1S/C25H26FN3O3.C2HF3O2/c1-3-5-17(6-4-2)16-32-25(31)20-15-29(18-7-8-18)22-14-23(28-11-9-27-10-12-28)21(26)13-19(22)24(20)30;3-2(4,5)1(6)7/h1-2,13-15,17-18,27H,5-12,16H2;(H,6,7). The first-order valence-electron chi connectivity index (χ1n) is 12.2. The molecule has 0 bridgehead atoms. The van der Waals surface area contributed by atoms with Crippen LogP contribution in [-0.4, -0.2) is 55.5 Å². The van der Waals surface area contributed by atoms with Gasteiger partial charge in [0.25, 0.3) is 0 Å². The Morgan fingerprint density at radius 1 is 1.15 bits per heavy atom. The Bertz CT molecular complexity index is 1350. The van der Waals surface area contributed by atoms with Crippen LogP contribution in [0, 0.1) is 36.4 Å². The van der Waals surface area contributed by atoms with Crippen LogP contribution in [-0.2, 0) is 9.53 Å². The molecule has 0 radical (unpaired) electrons. The molecule has 1 aliphatic carbocycles. The SMILES string of the molecule is C#CCC(CC#C)COC(=O)c1cn(C2CC2)c2cc(N3CC[NH2+]CC3)c(F)cc2c1=O.O=C([O-])C(F)(F)F. The van der Waals surface area contributed by atoms with Crippen LogP contribution in [0.25, 0.3) is 10.9 Å². The van der Waals surface area contributed by atoms with Crippen LogP contribution in [0.15, 0.2) is 23.1 Å². The lowest BCUT2D eigenvalue weighted by Gasteiger charge is -2.28. The van der Waals surface area contributed by atoms with Gasteiger partial charge in [0, 0.05) is 36.4 Å². The Morgan fingerprint density at radius 2 is 1.74 bits per heavy atom. The summed E-state index contributed by atoms with van der Waals surface area (Å²) in [7, 11) is 0. The van der Waals surface area contributed by atoms with Gasteiger partial charge in [-0.2, -0.15) is 13.2 Å². The van der Waals surface area contributed by atoms with Crippen molar-refractivity contribution in [2.24, 2.45) is 5.92 Å². The van der Waals surface area contributed by atoms with Crippen molar-refractivity contribution in [3.8, 4) is 24.7 Å². The second-order valence-corrected chi connectivity index (χ2v) is 9.25. The molecular formula is C27H27F4N3O5. The number of carbonyl (C=O) groups excluding carboxylic acids is 2. The van der Waals surface area contributed by atoms with Gasteiger partial charge < -0.3 is 29.4 Å². The zero-order chi connectivity index (χ0) is 28.7. The molecule has 2 fully saturated rings. The maximum Gasteiger partial charge on any atom is 0.430 e. The van der Waals surface area contributed by atoms with E-state index >= 15 is 4.39 Å². The molecule has 1 aliphatic heterocycles. The molecule has 8 nitrogen and oxygen atoms in total. The number of hydrogen-bond donors (Lipinski definition) is 1. The molecule has 1 saturated carbocycles. The number of ether oxygens (including phenoxy) is 1. The molecule has 2 N–H and O–H groups in total. The number of benzene rings is 1. The Morgan fingerprint density at radius 3 is 2.26 bits per heavy atom. The molecule has 208 valence electrons. The van der Waals surface area contributed by atoms with E-state index in [1.165, 1.54) is 6.07 Å². The van der Waals surface area contributed by atoms with Crippen molar-refractivity contribution < 1.29 is 42.3 Å². The first-order valence-corrected chi connectivity index (χ1v) is 12.2. The molecule has 0 atom stereocenters. The molecule has 2 aromatic rings. The summed E-state index contributed by atoms with van der Waals surface area (Å²) < 4.78 is 53.9. The summed E-state index contributed by atoms with van der Waals surface area (Å²) in [6.07, 6.45) is 9.72. The fraction of sp³-hybridized carbons (Fsp3) is 0.444. The van der Waals surface area contributed by atoms with Crippen LogP contribution in [0.2, 0.25) is 0 Å². The number of quaternary nitrogens is 1. The number of carbonyl (C=O) groups is 2. The second kappa shape index (κ2) is 12.7. The average Bonchev–Trinajstić information content (AvgIpc) is 3.73. The number of piperazine rings is 1. The molecular weight excluding hydrogens is 522 g/mol. The Labute approximate surface area is 221 Å². The van der Waals surface area contributed by atoms with Crippen LogP contribution in [0.5, 0.6) is 0 Å². The normalized spacial score (nSPS) is 15.2. The number of halogens is 4. The zero-order valence-electron chi connectivity index (χ0n) is 20.9. The Kier molecular flexibility index (Phi) is 9.60. The summed E-state index contributed by atoms with van der Waals surface area (Å²) in [5.74, 6) is 0.686. The van der Waals surface area contributed by atoms with Crippen LogP contribution in [0.3, 0.4) is 0 Å². The summed E-state index contributed by atoms with van der Waals surface area (Å²) in [5.41, 5.74) is 0.535. The average molecular weight is 550 g/mol. The third kappa shape index (κ3) is 7.52. The summed E-state index contributed by atoms with van der Waals surface area (Å²) in [6.45, 7) is 3.33. The Balaban J connectivity index is 0.000000532. The van der Waals surface area contributed by atoms with Crippen molar-refractivity contribution in [3.05, 3.63) is 39.9 Å². The van der Waals surface area contributed by atoms with Crippen LogP contribution in [0.1, 0.15) is 42.1 Å². The minimum Gasteiger partial charge on any atom is -0.542 e. The predicted octanol–water partition coefficient (Wildman–Crippen LogP) is 0.977. The van der Waals surface area contributed by atoms with E-state index in [1.54, 1.807) is 12.3 Å². The third-order valence-electron chi connectivity index (χ3n) is 6.30. The summed E-state index contributed by atoms with van der Waals surface area (Å²) in [4.78, 5) is 36.7. The largest absolute Gasteiger partial charge is 0.542 e. The number of pyridine rings is 1. The van der Waals surface area contributed by atoms with Crippen molar-refractivity contribution in [1.82, 2.24) is 4.57 Å². The number of aromatic nitrogens is 1. The number of nitrogens with zero attached hydrogens (tertiary/aromatic N) is 2. The van der Waals surface area contributed by atoms with E-state index < -0.39 is 29.4 Å². The highest BCUT2D eigenvalue weighted by Gasteiger charge is 2.30. The maximum absolute atomic E-state index is 15.0. The molecule has 0 amide bonds. The quantitative estimate of drug-likeness (QED) is 0.314. The molecule has 2 aliphatic rings.